The molecule has 1 unspecified atom stereocenters. The number of carbonyl (C=O) groups excluding carboxylic acids is 2. The second-order valence-electron chi connectivity index (χ2n) is 6.11. The van der Waals surface area contributed by atoms with E-state index in [0.717, 1.165) is 45.1 Å². The SMILES string of the molecule is CCOC(=O)C1CCCN(C(=O)C2(C)CCCC2)C1. The minimum Gasteiger partial charge on any atom is -0.466 e. The first-order valence-corrected chi connectivity index (χ1v) is 7.53. The summed E-state index contributed by atoms with van der Waals surface area (Å²) in [6.07, 6.45) is 6.04. The molecule has 1 aliphatic heterocycles. The van der Waals surface area contributed by atoms with Crippen LogP contribution in [0.4, 0.5) is 0 Å². The molecule has 0 aromatic rings. The first kappa shape index (κ1) is 14.4. The van der Waals surface area contributed by atoms with Gasteiger partial charge in [0.1, 0.15) is 0 Å². The van der Waals surface area contributed by atoms with Crippen LogP contribution in [0.3, 0.4) is 0 Å². The lowest BCUT2D eigenvalue weighted by molar-refractivity contribution is -0.153. The Labute approximate surface area is 115 Å². The molecule has 0 aromatic carbocycles. The predicted molar refractivity (Wildman–Crippen MR) is 72.5 cm³/mol. The second-order valence-corrected chi connectivity index (χ2v) is 6.11. The van der Waals surface area contributed by atoms with E-state index in [9.17, 15) is 9.59 Å². The van der Waals surface area contributed by atoms with Crippen LogP contribution in [0.25, 0.3) is 0 Å². The number of ether oxygens (including phenoxy) is 1. The molecule has 1 heterocycles. The molecule has 2 rings (SSSR count). The molecule has 0 radical (unpaired) electrons. The van der Waals surface area contributed by atoms with E-state index >= 15 is 0 Å². The Morgan fingerprint density at radius 2 is 1.95 bits per heavy atom. The highest BCUT2D eigenvalue weighted by Gasteiger charge is 2.41. The normalized spacial score (nSPS) is 26.2. The number of hydrogen-bond donors (Lipinski definition) is 0. The zero-order valence-electron chi connectivity index (χ0n) is 12.1. The van der Waals surface area contributed by atoms with Gasteiger partial charge in [0.2, 0.25) is 5.91 Å². The largest absolute Gasteiger partial charge is 0.466 e. The third-order valence-electron chi connectivity index (χ3n) is 4.55. The van der Waals surface area contributed by atoms with Crippen LogP contribution in [0.2, 0.25) is 0 Å². The summed E-state index contributed by atoms with van der Waals surface area (Å²) in [5, 5.41) is 0. The summed E-state index contributed by atoms with van der Waals surface area (Å²) in [6.45, 7) is 5.66. The Morgan fingerprint density at radius 1 is 1.26 bits per heavy atom. The quantitative estimate of drug-likeness (QED) is 0.737. The molecule has 1 atom stereocenters. The van der Waals surface area contributed by atoms with Gasteiger partial charge in [0.05, 0.1) is 12.5 Å². The molecule has 0 spiro atoms. The highest BCUT2D eigenvalue weighted by atomic mass is 16.5. The van der Waals surface area contributed by atoms with Gasteiger partial charge in [-0.2, -0.15) is 0 Å². The molecule has 1 aliphatic carbocycles. The summed E-state index contributed by atoms with van der Waals surface area (Å²) in [4.78, 5) is 26.3. The Hall–Kier alpha value is -1.06. The number of likely N-dealkylation sites (tertiary alicyclic amines) is 1. The number of piperidine rings is 1. The molecule has 1 saturated heterocycles. The lowest BCUT2D eigenvalue weighted by atomic mass is 9.85. The maximum Gasteiger partial charge on any atom is 0.310 e. The predicted octanol–water partition coefficient (Wildman–Crippen LogP) is 2.37. The summed E-state index contributed by atoms with van der Waals surface area (Å²) >= 11 is 0. The van der Waals surface area contributed by atoms with Gasteiger partial charge in [-0.3, -0.25) is 9.59 Å². The molecule has 4 nitrogen and oxygen atoms in total. The van der Waals surface area contributed by atoms with Crippen molar-refractivity contribution >= 4 is 11.9 Å². The van der Waals surface area contributed by atoms with Crippen molar-refractivity contribution in [1.29, 1.82) is 0 Å². The first-order chi connectivity index (χ1) is 9.07. The first-order valence-electron chi connectivity index (χ1n) is 7.53. The zero-order valence-corrected chi connectivity index (χ0v) is 12.1. The van der Waals surface area contributed by atoms with Crippen LogP contribution in [0.5, 0.6) is 0 Å². The Morgan fingerprint density at radius 3 is 2.58 bits per heavy atom. The lowest BCUT2D eigenvalue weighted by Crippen LogP contribution is -2.48. The number of nitrogens with zero attached hydrogens (tertiary/aromatic N) is 1. The van der Waals surface area contributed by atoms with Crippen molar-refractivity contribution in [3.8, 4) is 0 Å². The van der Waals surface area contributed by atoms with Crippen molar-refractivity contribution < 1.29 is 14.3 Å². The van der Waals surface area contributed by atoms with Crippen LogP contribution in [0, 0.1) is 11.3 Å². The van der Waals surface area contributed by atoms with E-state index in [1.54, 1.807) is 0 Å². The van der Waals surface area contributed by atoms with E-state index in [-0.39, 0.29) is 23.2 Å². The van der Waals surface area contributed by atoms with E-state index < -0.39 is 0 Å². The number of esters is 1. The zero-order chi connectivity index (χ0) is 13.9. The molecular weight excluding hydrogens is 242 g/mol. The second kappa shape index (κ2) is 5.93. The molecule has 1 amide bonds. The average Bonchev–Trinajstić information content (AvgIpc) is 2.86. The van der Waals surface area contributed by atoms with Crippen molar-refractivity contribution in [3.05, 3.63) is 0 Å². The lowest BCUT2D eigenvalue weighted by Gasteiger charge is -2.36. The smallest absolute Gasteiger partial charge is 0.310 e. The van der Waals surface area contributed by atoms with Gasteiger partial charge in [0, 0.05) is 18.5 Å². The van der Waals surface area contributed by atoms with Crippen LogP contribution in [-0.2, 0) is 14.3 Å². The van der Waals surface area contributed by atoms with Crippen molar-refractivity contribution in [2.45, 2.75) is 52.4 Å². The topological polar surface area (TPSA) is 46.6 Å². The Kier molecular flexibility index (Phi) is 4.48. The summed E-state index contributed by atoms with van der Waals surface area (Å²) < 4.78 is 5.08. The summed E-state index contributed by atoms with van der Waals surface area (Å²) in [5.41, 5.74) is -0.184. The fourth-order valence-electron chi connectivity index (χ4n) is 3.37. The van der Waals surface area contributed by atoms with Crippen LogP contribution >= 0.6 is 0 Å². The van der Waals surface area contributed by atoms with Crippen LogP contribution in [-0.4, -0.2) is 36.5 Å². The fraction of sp³-hybridized carbons (Fsp3) is 0.867. The molecule has 0 N–H and O–H groups in total. The van der Waals surface area contributed by atoms with E-state index in [1.807, 2.05) is 11.8 Å². The number of amides is 1. The third kappa shape index (κ3) is 3.10. The van der Waals surface area contributed by atoms with Crippen LogP contribution < -0.4 is 0 Å². The van der Waals surface area contributed by atoms with Crippen LogP contribution in [0.1, 0.15) is 52.4 Å². The van der Waals surface area contributed by atoms with Gasteiger partial charge in [-0.25, -0.2) is 0 Å². The van der Waals surface area contributed by atoms with E-state index in [2.05, 4.69) is 6.92 Å². The van der Waals surface area contributed by atoms with Gasteiger partial charge in [-0.1, -0.05) is 19.8 Å². The summed E-state index contributed by atoms with van der Waals surface area (Å²) in [7, 11) is 0. The van der Waals surface area contributed by atoms with Crippen molar-refractivity contribution in [3.63, 3.8) is 0 Å². The van der Waals surface area contributed by atoms with Crippen molar-refractivity contribution in [2.75, 3.05) is 19.7 Å². The van der Waals surface area contributed by atoms with Gasteiger partial charge in [-0.15, -0.1) is 0 Å². The summed E-state index contributed by atoms with van der Waals surface area (Å²) in [5.74, 6) is -0.0155. The van der Waals surface area contributed by atoms with Crippen molar-refractivity contribution in [2.24, 2.45) is 11.3 Å². The van der Waals surface area contributed by atoms with Gasteiger partial charge >= 0.3 is 5.97 Å². The average molecular weight is 267 g/mol. The van der Waals surface area contributed by atoms with E-state index in [4.69, 9.17) is 4.74 Å². The molecule has 1 saturated carbocycles. The van der Waals surface area contributed by atoms with E-state index in [1.165, 1.54) is 0 Å². The molecule has 2 fully saturated rings. The maximum absolute atomic E-state index is 12.6. The molecule has 108 valence electrons. The van der Waals surface area contributed by atoms with Gasteiger partial charge < -0.3 is 9.64 Å². The molecular formula is C15H25NO3. The van der Waals surface area contributed by atoms with Gasteiger partial charge in [-0.05, 0) is 32.6 Å². The standard InChI is InChI=1S/C15H25NO3/c1-3-19-13(17)12-7-6-10-16(11-12)14(18)15(2)8-4-5-9-15/h12H,3-11H2,1-2H3. The minimum absolute atomic E-state index is 0.123. The van der Waals surface area contributed by atoms with Crippen molar-refractivity contribution in [1.82, 2.24) is 4.90 Å². The minimum atomic E-state index is -0.184. The van der Waals surface area contributed by atoms with Gasteiger partial charge in [0.15, 0.2) is 0 Å². The van der Waals surface area contributed by atoms with E-state index in [0.29, 0.717) is 13.2 Å². The highest BCUT2D eigenvalue weighted by Crippen LogP contribution is 2.39. The molecule has 0 bridgehead atoms. The molecule has 19 heavy (non-hydrogen) atoms. The Bertz CT molecular complexity index is 347. The monoisotopic (exact) mass is 267 g/mol. The Balaban J connectivity index is 1.97. The van der Waals surface area contributed by atoms with Crippen LogP contribution in [0.15, 0.2) is 0 Å². The molecule has 2 aliphatic rings. The number of carbonyl (C=O) groups is 2. The number of rotatable bonds is 3. The fourth-order valence-corrected chi connectivity index (χ4v) is 3.37. The van der Waals surface area contributed by atoms with Gasteiger partial charge in [0.25, 0.3) is 0 Å². The molecule has 4 heteroatoms. The third-order valence-corrected chi connectivity index (χ3v) is 4.55. The maximum atomic E-state index is 12.6. The summed E-state index contributed by atoms with van der Waals surface area (Å²) in [6, 6.07) is 0. The number of hydrogen-bond acceptors (Lipinski definition) is 3. The molecule has 0 aromatic heterocycles. The highest BCUT2D eigenvalue weighted by molar-refractivity contribution is 5.83.